The summed E-state index contributed by atoms with van der Waals surface area (Å²) in [5, 5.41) is 9.50. The summed E-state index contributed by atoms with van der Waals surface area (Å²) in [6.07, 6.45) is 1.73. The third-order valence-corrected chi connectivity index (χ3v) is 3.38. The van der Waals surface area contributed by atoms with Gasteiger partial charge in [-0.25, -0.2) is 13.8 Å². The van der Waals surface area contributed by atoms with Crippen LogP contribution in [-0.4, -0.2) is 26.8 Å². The molecule has 0 aliphatic carbocycles. The molecule has 1 aromatic carbocycles. The summed E-state index contributed by atoms with van der Waals surface area (Å²) in [6.45, 7) is 2.02. The molecule has 0 saturated heterocycles. The minimum absolute atomic E-state index is 0.0133. The predicted octanol–water partition coefficient (Wildman–Crippen LogP) is 2.77. The minimum Gasteiger partial charge on any atom is -0.323 e. The van der Waals surface area contributed by atoms with Gasteiger partial charge in [-0.1, -0.05) is 18.7 Å². The van der Waals surface area contributed by atoms with E-state index in [0.717, 1.165) is 48.6 Å². The van der Waals surface area contributed by atoms with Crippen LogP contribution in [0.5, 0.6) is 0 Å². The highest BCUT2D eigenvalue weighted by Crippen LogP contribution is 2.17. The number of thioether (sulfide) groups is 1. The van der Waals surface area contributed by atoms with Crippen molar-refractivity contribution >= 4 is 23.4 Å². The Bertz CT molecular complexity index is 632. The third kappa shape index (κ3) is 4.52. The largest absolute Gasteiger partial charge is 0.323 e. The minimum atomic E-state index is -0.683. The standard InChI is InChI=1S/C13H14F2N4OS/c1-2-3-11-17-13(19-18-11)21-7-12(20)16-10-6-8(14)4-5-9(10)15/h4-6H,2-3,7H2,1H3,(H,16,20)(H,17,18,19). The highest BCUT2D eigenvalue weighted by Gasteiger charge is 2.10. The number of nitrogens with zero attached hydrogens (tertiary/aromatic N) is 2. The molecule has 1 heterocycles. The summed E-state index contributed by atoms with van der Waals surface area (Å²) in [7, 11) is 0. The van der Waals surface area contributed by atoms with Gasteiger partial charge in [-0.3, -0.25) is 9.89 Å². The Labute approximate surface area is 124 Å². The van der Waals surface area contributed by atoms with Gasteiger partial charge in [0.25, 0.3) is 0 Å². The molecule has 21 heavy (non-hydrogen) atoms. The fraction of sp³-hybridized carbons (Fsp3) is 0.308. The topological polar surface area (TPSA) is 70.7 Å². The van der Waals surface area contributed by atoms with Crippen LogP contribution in [0.15, 0.2) is 23.4 Å². The number of H-pyrrole nitrogens is 1. The number of aromatic amines is 1. The maximum absolute atomic E-state index is 13.4. The van der Waals surface area contributed by atoms with Gasteiger partial charge in [0.05, 0.1) is 11.4 Å². The van der Waals surface area contributed by atoms with E-state index in [9.17, 15) is 13.6 Å². The SMILES string of the molecule is CCCc1nc(SCC(=O)Nc2cc(F)ccc2F)n[nH]1. The van der Waals surface area contributed by atoms with Crippen molar-refractivity contribution in [1.82, 2.24) is 15.2 Å². The Balaban J connectivity index is 1.88. The molecule has 0 radical (unpaired) electrons. The van der Waals surface area contributed by atoms with Crippen molar-refractivity contribution in [1.29, 1.82) is 0 Å². The summed E-state index contributed by atoms with van der Waals surface area (Å²) >= 11 is 1.12. The van der Waals surface area contributed by atoms with Crippen LogP contribution < -0.4 is 5.32 Å². The predicted molar refractivity (Wildman–Crippen MR) is 76.1 cm³/mol. The van der Waals surface area contributed by atoms with Crippen LogP contribution in [0.1, 0.15) is 19.2 Å². The Hall–Kier alpha value is -1.96. The van der Waals surface area contributed by atoms with Gasteiger partial charge in [-0.15, -0.1) is 5.10 Å². The fourth-order valence-electron chi connectivity index (χ4n) is 1.60. The Morgan fingerprint density at radius 3 is 3.00 bits per heavy atom. The lowest BCUT2D eigenvalue weighted by Crippen LogP contribution is -2.15. The number of hydrogen-bond acceptors (Lipinski definition) is 4. The number of aromatic nitrogens is 3. The average molecular weight is 312 g/mol. The van der Waals surface area contributed by atoms with Crippen molar-refractivity contribution in [2.24, 2.45) is 0 Å². The van der Waals surface area contributed by atoms with E-state index >= 15 is 0 Å². The summed E-state index contributed by atoms with van der Waals surface area (Å²) < 4.78 is 26.3. The van der Waals surface area contributed by atoms with Crippen molar-refractivity contribution in [3.63, 3.8) is 0 Å². The van der Waals surface area contributed by atoms with Crippen molar-refractivity contribution in [2.75, 3.05) is 11.1 Å². The zero-order chi connectivity index (χ0) is 15.2. The first-order valence-electron chi connectivity index (χ1n) is 6.37. The molecule has 5 nitrogen and oxygen atoms in total. The molecule has 0 unspecified atom stereocenters. The molecule has 112 valence electrons. The molecular weight excluding hydrogens is 298 g/mol. The number of amides is 1. The molecule has 0 fully saturated rings. The normalized spacial score (nSPS) is 10.6. The number of carbonyl (C=O) groups excluding carboxylic acids is 1. The number of benzene rings is 1. The molecule has 1 aromatic heterocycles. The van der Waals surface area contributed by atoms with Gasteiger partial charge < -0.3 is 5.32 Å². The molecule has 0 saturated carbocycles. The van der Waals surface area contributed by atoms with Crippen LogP contribution in [0.25, 0.3) is 0 Å². The van der Waals surface area contributed by atoms with Gasteiger partial charge in [0, 0.05) is 12.5 Å². The number of aryl methyl sites for hydroxylation is 1. The molecule has 0 atom stereocenters. The summed E-state index contributed by atoms with van der Waals surface area (Å²) in [4.78, 5) is 15.9. The van der Waals surface area contributed by atoms with E-state index in [1.54, 1.807) is 0 Å². The fourth-order valence-corrected chi connectivity index (χ4v) is 2.22. The van der Waals surface area contributed by atoms with E-state index in [-0.39, 0.29) is 11.4 Å². The van der Waals surface area contributed by atoms with Gasteiger partial charge in [0.1, 0.15) is 17.5 Å². The Morgan fingerprint density at radius 2 is 2.24 bits per heavy atom. The van der Waals surface area contributed by atoms with Gasteiger partial charge in [0.2, 0.25) is 11.1 Å². The molecule has 0 aliphatic rings. The van der Waals surface area contributed by atoms with Gasteiger partial charge in [0.15, 0.2) is 0 Å². The molecule has 8 heteroatoms. The molecular formula is C13H14F2N4OS. The lowest BCUT2D eigenvalue weighted by molar-refractivity contribution is -0.113. The van der Waals surface area contributed by atoms with Crippen molar-refractivity contribution < 1.29 is 13.6 Å². The zero-order valence-corrected chi connectivity index (χ0v) is 12.1. The lowest BCUT2D eigenvalue weighted by atomic mass is 10.3. The van der Waals surface area contributed by atoms with Crippen LogP contribution >= 0.6 is 11.8 Å². The van der Waals surface area contributed by atoms with E-state index in [4.69, 9.17) is 0 Å². The van der Waals surface area contributed by atoms with Crippen LogP contribution in [0, 0.1) is 11.6 Å². The summed E-state index contributed by atoms with van der Waals surface area (Å²) in [5.41, 5.74) is -0.178. The van der Waals surface area contributed by atoms with E-state index in [2.05, 4.69) is 20.5 Å². The molecule has 0 aliphatic heterocycles. The second-order valence-corrected chi connectivity index (χ2v) is 5.22. The Morgan fingerprint density at radius 1 is 1.43 bits per heavy atom. The molecule has 2 rings (SSSR count). The quantitative estimate of drug-likeness (QED) is 0.805. The van der Waals surface area contributed by atoms with Crippen LogP contribution in [0.3, 0.4) is 0 Å². The van der Waals surface area contributed by atoms with Gasteiger partial charge in [-0.05, 0) is 18.6 Å². The second-order valence-electron chi connectivity index (χ2n) is 4.28. The first-order valence-corrected chi connectivity index (χ1v) is 7.36. The number of anilines is 1. The monoisotopic (exact) mass is 312 g/mol. The number of carbonyl (C=O) groups is 1. The van der Waals surface area contributed by atoms with Crippen molar-refractivity contribution in [2.45, 2.75) is 24.9 Å². The maximum atomic E-state index is 13.4. The molecule has 2 aromatic rings. The first kappa shape index (κ1) is 15.4. The van der Waals surface area contributed by atoms with Gasteiger partial charge >= 0.3 is 0 Å². The lowest BCUT2D eigenvalue weighted by Gasteiger charge is -2.05. The second kappa shape index (κ2) is 7.16. The average Bonchev–Trinajstić information content (AvgIpc) is 2.89. The van der Waals surface area contributed by atoms with E-state index < -0.39 is 17.5 Å². The number of hydrogen-bond donors (Lipinski definition) is 2. The first-order chi connectivity index (χ1) is 10.1. The molecule has 1 amide bonds. The molecule has 0 spiro atoms. The van der Waals surface area contributed by atoms with Crippen molar-refractivity contribution in [3.05, 3.63) is 35.7 Å². The van der Waals surface area contributed by atoms with E-state index in [0.29, 0.717) is 5.16 Å². The molecule has 0 bridgehead atoms. The zero-order valence-electron chi connectivity index (χ0n) is 11.3. The van der Waals surface area contributed by atoms with E-state index in [1.165, 1.54) is 0 Å². The highest BCUT2D eigenvalue weighted by atomic mass is 32.2. The van der Waals surface area contributed by atoms with Crippen LogP contribution in [0.2, 0.25) is 0 Å². The van der Waals surface area contributed by atoms with Crippen LogP contribution in [-0.2, 0) is 11.2 Å². The van der Waals surface area contributed by atoms with Crippen LogP contribution in [0.4, 0.5) is 14.5 Å². The maximum Gasteiger partial charge on any atom is 0.234 e. The smallest absolute Gasteiger partial charge is 0.234 e. The summed E-state index contributed by atoms with van der Waals surface area (Å²) in [6, 6.07) is 2.89. The van der Waals surface area contributed by atoms with E-state index in [1.807, 2.05) is 6.92 Å². The summed E-state index contributed by atoms with van der Waals surface area (Å²) in [5.74, 6) is -0.974. The number of rotatable bonds is 6. The van der Waals surface area contributed by atoms with Crippen molar-refractivity contribution in [3.8, 4) is 0 Å². The third-order valence-electron chi connectivity index (χ3n) is 2.53. The number of nitrogens with one attached hydrogen (secondary N) is 2. The molecule has 2 N–H and O–H groups in total. The Kier molecular flexibility index (Phi) is 5.26. The number of halogens is 2. The highest BCUT2D eigenvalue weighted by molar-refractivity contribution is 7.99. The van der Waals surface area contributed by atoms with Gasteiger partial charge in [-0.2, -0.15) is 0 Å².